The van der Waals surface area contributed by atoms with Crippen LogP contribution in [0, 0.1) is 17.8 Å². The van der Waals surface area contributed by atoms with Gasteiger partial charge in [0.05, 0.1) is 37.6 Å². The SMILES string of the molecule is COc1ccc(N2C/C=C\CCC(=O)OC[C@H](c3ccccc3)NC(=O)[C@H]3[C@@H]4O[C@@]5(C=C4Br)[C@@H]3C(=O)N([C@@H](CO)CC(C)C)[C@@H]5C2=O)cc1. The number of aliphatic hydroxyl groups is 1. The van der Waals surface area contributed by atoms with Crippen molar-refractivity contribution < 1.29 is 38.5 Å². The average Bonchev–Trinajstić information content (AvgIpc) is 3.70. The summed E-state index contributed by atoms with van der Waals surface area (Å²) in [6.45, 7) is 3.64. The number of allylic oxidation sites excluding steroid dienone is 1. The van der Waals surface area contributed by atoms with Crippen molar-refractivity contribution in [1.82, 2.24) is 10.2 Å². The molecule has 260 valence electrons. The molecule has 2 aromatic carbocycles. The van der Waals surface area contributed by atoms with Crippen LogP contribution in [0.25, 0.3) is 0 Å². The molecule has 11 nitrogen and oxygen atoms in total. The van der Waals surface area contributed by atoms with Crippen molar-refractivity contribution in [2.45, 2.75) is 62.9 Å². The van der Waals surface area contributed by atoms with Crippen LogP contribution in [0.4, 0.5) is 5.69 Å². The average molecular weight is 737 g/mol. The first-order valence-electron chi connectivity index (χ1n) is 16.7. The number of nitrogens with one attached hydrogen (secondary N) is 1. The Morgan fingerprint density at radius 1 is 1.04 bits per heavy atom. The fourth-order valence-corrected chi connectivity index (χ4v) is 8.34. The minimum atomic E-state index is -1.48. The normalized spacial score (nSPS) is 30.2. The predicted octanol–water partition coefficient (Wildman–Crippen LogP) is 4.06. The summed E-state index contributed by atoms with van der Waals surface area (Å²) in [7, 11) is 1.56. The molecule has 0 aliphatic carbocycles. The van der Waals surface area contributed by atoms with Crippen LogP contribution >= 0.6 is 15.9 Å². The van der Waals surface area contributed by atoms with E-state index in [1.807, 2.05) is 50.3 Å². The number of rotatable bonds is 7. The Balaban J connectivity index is 1.48. The van der Waals surface area contributed by atoms with Crippen LogP contribution in [0.3, 0.4) is 0 Å². The molecule has 49 heavy (non-hydrogen) atoms. The third-order valence-electron chi connectivity index (χ3n) is 9.80. The largest absolute Gasteiger partial charge is 0.497 e. The van der Waals surface area contributed by atoms with E-state index in [2.05, 4.69) is 21.2 Å². The minimum Gasteiger partial charge on any atom is -0.497 e. The first-order valence-corrected chi connectivity index (χ1v) is 17.5. The standard InChI is InChI=1S/C37H42BrN3O8/c1-22(2)18-25(20-42)41-33-36(46)40(24-13-15-26(47-3)16-14-24)17-9-5-8-12-29(43)48-21-28(23-10-6-4-7-11-23)39-34(44)30-31(35(41)45)37(33)19-27(38)32(30)49-37/h4-7,9-11,13-16,19,22,25,28,30-33,42H,8,12,17-18,20-21H2,1-3H3,(H,39,44)/b9-5-/t25-,28-,30-,31+,32-,33-,37+/m1/s1. The highest BCUT2D eigenvalue weighted by Crippen LogP contribution is 2.59. The van der Waals surface area contributed by atoms with Gasteiger partial charge in [-0.05, 0) is 54.7 Å². The number of methoxy groups -OCH3 is 1. The van der Waals surface area contributed by atoms with Crippen molar-refractivity contribution >= 4 is 45.3 Å². The molecule has 6 rings (SSSR count). The summed E-state index contributed by atoms with van der Waals surface area (Å²) < 4.78 is 18.2. The number of esters is 1. The van der Waals surface area contributed by atoms with Gasteiger partial charge in [-0.25, -0.2) is 0 Å². The van der Waals surface area contributed by atoms with Gasteiger partial charge >= 0.3 is 5.97 Å². The highest BCUT2D eigenvalue weighted by atomic mass is 79.9. The molecule has 4 heterocycles. The van der Waals surface area contributed by atoms with E-state index in [9.17, 15) is 19.5 Å². The number of hydrogen-bond acceptors (Lipinski definition) is 8. The summed E-state index contributed by atoms with van der Waals surface area (Å²) in [4.78, 5) is 60.1. The molecule has 0 radical (unpaired) electrons. The number of carbonyl (C=O) groups excluding carboxylic acids is 4. The number of benzene rings is 2. The van der Waals surface area contributed by atoms with Gasteiger partial charge in [0.15, 0.2) is 0 Å². The molecule has 2 saturated heterocycles. The minimum absolute atomic E-state index is 0.0952. The zero-order chi connectivity index (χ0) is 34.9. The zero-order valence-electron chi connectivity index (χ0n) is 27.8. The van der Waals surface area contributed by atoms with Crippen molar-refractivity contribution in [3.8, 4) is 5.75 Å². The Labute approximate surface area is 294 Å². The number of ether oxygens (including phenoxy) is 3. The lowest BCUT2D eigenvalue weighted by Crippen LogP contribution is -2.59. The van der Waals surface area contributed by atoms with Gasteiger partial charge in [-0.15, -0.1) is 0 Å². The molecule has 0 aromatic heterocycles. The van der Waals surface area contributed by atoms with E-state index < -0.39 is 65.4 Å². The molecule has 4 aliphatic rings. The van der Waals surface area contributed by atoms with Crippen LogP contribution in [0.5, 0.6) is 5.75 Å². The summed E-state index contributed by atoms with van der Waals surface area (Å²) in [6, 6.07) is 13.6. The van der Waals surface area contributed by atoms with Crippen molar-refractivity contribution in [3.63, 3.8) is 0 Å². The number of cyclic esters (lactones) is 1. The third-order valence-corrected chi connectivity index (χ3v) is 10.5. The molecule has 5 bridgehead atoms. The van der Waals surface area contributed by atoms with E-state index >= 15 is 4.79 Å². The van der Waals surface area contributed by atoms with E-state index in [1.165, 1.54) is 4.90 Å². The fraction of sp³-hybridized carbons (Fsp3) is 0.459. The Morgan fingerprint density at radius 3 is 2.45 bits per heavy atom. The summed E-state index contributed by atoms with van der Waals surface area (Å²) in [5.41, 5.74) is -0.198. The van der Waals surface area contributed by atoms with Crippen LogP contribution in [-0.2, 0) is 28.7 Å². The molecular weight excluding hydrogens is 694 g/mol. The second-order valence-electron chi connectivity index (χ2n) is 13.4. The molecule has 2 fully saturated rings. The summed E-state index contributed by atoms with van der Waals surface area (Å²) in [6.07, 6.45) is 5.48. The summed E-state index contributed by atoms with van der Waals surface area (Å²) in [5, 5.41) is 13.7. The fourth-order valence-electron chi connectivity index (χ4n) is 7.60. The van der Waals surface area contributed by atoms with Gasteiger partial charge in [-0.1, -0.05) is 72.3 Å². The van der Waals surface area contributed by atoms with Crippen LogP contribution in [-0.4, -0.2) is 84.4 Å². The van der Waals surface area contributed by atoms with E-state index in [1.54, 1.807) is 48.4 Å². The maximum absolute atomic E-state index is 15.1. The van der Waals surface area contributed by atoms with Gasteiger partial charge in [-0.2, -0.15) is 0 Å². The van der Waals surface area contributed by atoms with Crippen LogP contribution < -0.4 is 15.0 Å². The number of hydrogen-bond donors (Lipinski definition) is 2. The Hall–Kier alpha value is -4.00. The van der Waals surface area contributed by atoms with Gasteiger partial charge in [-0.3, -0.25) is 19.2 Å². The van der Waals surface area contributed by atoms with E-state index in [-0.39, 0.29) is 32.1 Å². The second-order valence-corrected chi connectivity index (χ2v) is 14.3. The van der Waals surface area contributed by atoms with E-state index in [0.717, 1.165) is 5.56 Å². The number of carbonyl (C=O) groups is 4. The quantitative estimate of drug-likeness (QED) is 0.322. The number of halogens is 1. The highest BCUT2D eigenvalue weighted by Gasteiger charge is 2.75. The Kier molecular flexibility index (Phi) is 10.3. The van der Waals surface area contributed by atoms with Gasteiger partial charge < -0.3 is 34.4 Å². The van der Waals surface area contributed by atoms with Crippen LogP contribution in [0.15, 0.2) is 77.3 Å². The van der Waals surface area contributed by atoms with Crippen molar-refractivity contribution in [2.75, 3.05) is 31.8 Å². The van der Waals surface area contributed by atoms with Gasteiger partial charge in [0, 0.05) is 23.1 Å². The van der Waals surface area contributed by atoms with Crippen LogP contribution in [0.1, 0.15) is 44.7 Å². The molecule has 0 unspecified atom stereocenters. The van der Waals surface area contributed by atoms with Gasteiger partial charge in [0.1, 0.15) is 30.1 Å². The molecule has 12 heteroatoms. The van der Waals surface area contributed by atoms with E-state index in [0.29, 0.717) is 28.8 Å². The summed E-state index contributed by atoms with van der Waals surface area (Å²) in [5.74, 6) is -3.08. The number of aliphatic hydroxyl groups excluding tert-OH is 1. The molecule has 0 saturated carbocycles. The Bertz CT molecular complexity index is 1630. The molecule has 2 N–H and O–H groups in total. The molecule has 7 atom stereocenters. The van der Waals surface area contributed by atoms with Crippen molar-refractivity contribution in [3.05, 3.63) is 82.9 Å². The maximum atomic E-state index is 15.1. The lowest BCUT2D eigenvalue weighted by atomic mass is 9.74. The smallest absolute Gasteiger partial charge is 0.306 e. The number of fused-ring (bicyclic) bond motifs is 2. The molecule has 3 amide bonds. The lowest BCUT2D eigenvalue weighted by Gasteiger charge is -2.39. The molecule has 2 aromatic rings. The second kappa shape index (κ2) is 14.5. The molecule has 1 spiro atoms. The first kappa shape index (κ1) is 34.8. The monoisotopic (exact) mass is 735 g/mol. The third kappa shape index (κ3) is 6.53. The molecular formula is C37H42BrN3O8. The molecule has 4 aliphatic heterocycles. The van der Waals surface area contributed by atoms with Crippen molar-refractivity contribution in [2.24, 2.45) is 17.8 Å². The number of likely N-dealkylation sites (tertiary alicyclic amines) is 1. The summed E-state index contributed by atoms with van der Waals surface area (Å²) >= 11 is 3.61. The number of amides is 3. The van der Waals surface area contributed by atoms with Gasteiger partial charge in [0.2, 0.25) is 11.8 Å². The van der Waals surface area contributed by atoms with E-state index in [4.69, 9.17) is 14.2 Å². The zero-order valence-corrected chi connectivity index (χ0v) is 29.4. The number of anilines is 1. The van der Waals surface area contributed by atoms with Crippen molar-refractivity contribution in [1.29, 1.82) is 0 Å². The topological polar surface area (TPSA) is 135 Å². The van der Waals surface area contributed by atoms with Gasteiger partial charge in [0.25, 0.3) is 5.91 Å². The maximum Gasteiger partial charge on any atom is 0.306 e. The van der Waals surface area contributed by atoms with Crippen LogP contribution in [0.2, 0.25) is 0 Å². The number of nitrogens with zero attached hydrogens (tertiary/aromatic N) is 2. The Morgan fingerprint density at radius 2 is 1.78 bits per heavy atom. The predicted molar refractivity (Wildman–Crippen MR) is 185 cm³/mol. The highest BCUT2D eigenvalue weighted by molar-refractivity contribution is 9.11. The first-order chi connectivity index (χ1) is 23.6. The lowest BCUT2D eigenvalue weighted by molar-refractivity contribution is -0.146.